The number of nitrogens with zero attached hydrogens (tertiary/aromatic N) is 2. The summed E-state index contributed by atoms with van der Waals surface area (Å²) in [5.41, 5.74) is 0. The molecule has 25 heavy (non-hydrogen) atoms. The number of benzene rings is 1. The van der Waals surface area contributed by atoms with Crippen LogP contribution in [-0.4, -0.2) is 34.5 Å². The molecule has 0 aliphatic carbocycles. The number of ether oxygens (including phenoxy) is 1. The van der Waals surface area contributed by atoms with Crippen molar-refractivity contribution in [1.29, 1.82) is 0 Å². The van der Waals surface area contributed by atoms with Gasteiger partial charge in [-0.1, -0.05) is 11.3 Å². The van der Waals surface area contributed by atoms with E-state index in [1.54, 1.807) is 12.1 Å². The Kier molecular flexibility index (Phi) is 5.29. The summed E-state index contributed by atoms with van der Waals surface area (Å²) >= 11 is 1.14. The van der Waals surface area contributed by atoms with Crippen LogP contribution in [0.15, 0.2) is 24.3 Å². The molecule has 1 aromatic heterocycles. The van der Waals surface area contributed by atoms with E-state index in [-0.39, 0.29) is 29.0 Å². The van der Waals surface area contributed by atoms with Crippen LogP contribution in [-0.2, 0) is 11.3 Å². The van der Waals surface area contributed by atoms with Crippen LogP contribution in [0.5, 0.6) is 5.75 Å². The minimum Gasteiger partial charge on any atom is -0.489 e. The Labute approximate surface area is 148 Å². The van der Waals surface area contributed by atoms with Crippen molar-refractivity contribution < 1.29 is 18.3 Å². The number of nitrogens with one attached hydrogen (secondary N) is 1. The molecule has 1 aliphatic heterocycles. The van der Waals surface area contributed by atoms with Crippen molar-refractivity contribution in [2.45, 2.75) is 39.0 Å². The van der Waals surface area contributed by atoms with Crippen LogP contribution < -0.4 is 10.1 Å². The maximum absolute atomic E-state index is 14.0. The van der Waals surface area contributed by atoms with Gasteiger partial charge in [-0.05, 0) is 31.2 Å². The van der Waals surface area contributed by atoms with E-state index >= 15 is 0 Å². The summed E-state index contributed by atoms with van der Waals surface area (Å²) in [6, 6.07) is 6.15. The maximum Gasteiger partial charge on any atom is 0.230 e. The largest absolute Gasteiger partial charge is 0.489 e. The lowest BCUT2D eigenvalue weighted by Crippen LogP contribution is -2.28. The molecule has 0 bridgehead atoms. The van der Waals surface area contributed by atoms with E-state index < -0.39 is 5.95 Å². The molecule has 2 atom stereocenters. The monoisotopic (exact) mass is 367 g/mol. The van der Waals surface area contributed by atoms with Crippen molar-refractivity contribution in [3.05, 3.63) is 40.9 Å². The highest BCUT2D eigenvalue weighted by molar-refractivity contribution is 7.15. The summed E-state index contributed by atoms with van der Waals surface area (Å²) in [4.78, 5) is 17.4. The highest BCUT2D eigenvalue weighted by Crippen LogP contribution is 2.28. The number of likely N-dealkylation sites (tertiary alicyclic amines) is 1. The summed E-state index contributed by atoms with van der Waals surface area (Å²) in [6.07, 6.45) is 0.766. The molecule has 134 valence electrons. The first-order valence-corrected chi connectivity index (χ1v) is 8.81. The van der Waals surface area contributed by atoms with Gasteiger partial charge in [0.2, 0.25) is 11.9 Å². The van der Waals surface area contributed by atoms with E-state index in [9.17, 15) is 13.6 Å². The van der Waals surface area contributed by atoms with Gasteiger partial charge in [0.05, 0.1) is 4.88 Å². The fraction of sp³-hybridized carbons (Fsp3) is 0.412. The second kappa shape index (κ2) is 7.45. The van der Waals surface area contributed by atoms with Crippen LogP contribution >= 0.6 is 11.3 Å². The molecule has 5 nitrogen and oxygen atoms in total. The standard InChI is InChI=1S/C17H19F2N3O2S/c1-10-7-14(24-13-5-3-12(18)4-6-13)8-22(10)9-15-16(19)21-17(25-15)20-11(2)23/h3-6,10,14H,7-9H2,1-2H3,(H,20,21,23)/t10-,14?/m0/s1. The van der Waals surface area contributed by atoms with E-state index in [1.165, 1.54) is 19.1 Å². The van der Waals surface area contributed by atoms with Gasteiger partial charge in [-0.2, -0.15) is 9.37 Å². The smallest absolute Gasteiger partial charge is 0.230 e. The summed E-state index contributed by atoms with van der Waals surface area (Å²) < 4.78 is 32.8. The average Bonchev–Trinajstić information content (AvgIpc) is 3.04. The zero-order chi connectivity index (χ0) is 18.0. The Balaban J connectivity index is 1.61. The molecule has 8 heteroatoms. The van der Waals surface area contributed by atoms with Gasteiger partial charge in [-0.15, -0.1) is 0 Å². The third-order valence-electron chi connectivity index (χ3n) is 4.06. The SMILES string of the molecule is CC(=O)Nc1nc(F)c(CN2CC(Oc3ccc(F)cc3)C[C@@H]2C)s1. The molecule has 3 rings (SSSR count). The number of rotatable bonds is 5. The molecule has 0 saturated carbocycles. The molecular weight excluding hydrogens is 348 g/mol. The molecular formula is C17H19F2N3O2S. The van der Waals surface area contributed by atoms with Crippen molar-refractivity contribution in [2.24, 2.45) is 0 Å². The summed E-state index contributed by atoms with van der Waals surface area (Å²) in [7, 11) is 0. The lowest BCUT2D eigenvalue weighted by molar-refractivity contribution is -0.114. The van der Waals surface area contributed by atoms with Gasteiger partial charge in [0.15, 0.2) is 5.13 Å². The second-order valence-electron chi connectivity index (χ2n) is 6.12. The van der Waals surface area contributed by atoms with Crippen LogP contribution in [0.2, 0.25) is 0 Å². The first kappa shape index (κ1) is 17.8. The molecule has 0 radical (unpaired) electrons. The number of halogens is 2. The number of carbonyl (C=O) groups excluding carboxylic acids is 1. The number of thiazole rings is 1. The van der Waals surface area contributed by atoms with Crippen molar-refractivity contribution in [2.75, 3.05) is 11.9 Å². The maximum atomic E-state index is 14.0. The number of amides is 1. The van der Waals surface area contributed by atoms with Gasteiger partial charge < -0.3 is 10.1 Å². The Morgan fingerprint density at radius 2 is 2.12 bits per heavy atom. The predicted molar refractivity (Wildman–Crippen MR) is 91.7 cm³/mol. The lowest BCUT2D eigenvalue weighted by atomic mass is 10.2. The Morgan fingerprint density at radius 3 is 2.80 bits per heavy atom. The Hall–Kier alpha value is -2.06. The lowest BCUT2D eigenvalue weighted by Gasteiger charge is -2.19. The molecule has 1 unspecified atom stereocenters. The fourth-order valence-electron chi connectivity index (χ4n) is 2.88. The highest BCUT2D eigenvalue weighted by atomic mass is 32.1. The topological polar surface area (TPSA) is 54.5 Å². The first-order chi connectivity index (χ1) is 11.9. The van der Waals surface area contributed by atoms with E-state index in [4.69, 9.17) is 4.74 Å². The van der Waals surface area contributed by atoms with Gasteiger partial charge in [-0.25, -0.2) is 4.39 Å². The zero-order valence-electron chi connectivity index (χ0n) is 14.0. The Morgan fingerprint density at radius 1 is 1.40 bits per heavy atom. The average molecular weight is 367 g/mol. The van der Waals surface area contributed by atoms with Gasteiger partial charge in [-0.3, -0.25) is 9.69 Å². The minimum atomic E-state index is -0.552. The summed E-state index contributed by atoms with van der Waals surface area (Å²) in [5.74, 6) is -0.506. The van der Waals surface area contributed by atoms with Gasteiger partial charge in [0, 0.05) is 32.5 Å². The van der Waals surface area contributed by atoms with Gasteiger partial charge in [0.1, 0.15) is 17.7 Å². The van der Waals surface area contributed by atoms with Crippen molar-refractivity contribution in [3.63, 3.8) is 0 Å². The van der Waals surface area contributed by atoms with E-state index in [1.807, 2.05) is 0 Å². The van der Waals surface area contributed by atoms with Crippen LogP contribution in [0.25, 0.3) is 0 Å². The van der Waals surface area contributed by atoms with Crippen molar-refractivity contribution in [1.82, 2.24) is 9.88 Å². The zero-order valence-corrected chi connectivity index (χ0v) is 14.8. The molecule has 1 aliphatic rings. The van der Waals surface area contributed by atoms with Crippen LogP contribution in [0.3, 0.4) is 0 Å². The first-order valence-electron chi connectivity index (χ1n) is 8.00. The number of hydrogen-bond acceptors (Lipinski definition) is 5. The predicted octanol–water partition coefficient (Wildman–Crippen LogP) is 3.42. The minimum absolute atomic E-state index is 0.0359. The number of aromatic nitrogens is 1. The van der Waals surface area contributed by atoms with E-state index in [0.717, 1.165) is 17.8 Å². The molecule has 0 spiro atoms. The van der Waals surface area contributed by atoms with Crippen LogP contribution in [0, 0.1) is 11.8 Å². The quantitative estimate of drug-likeness (QED) is 0.880. The number of hydrogen-bond donors (Lipinski definition) is 1. The van der Waals surface area contributed by atoms with Crippen molar-refractivity contribution in [3.8, 4) is 5.75 Å². The fourth-order valence-corrected chi connectivity index (χ4v) is 3.79. The number of anilines is 1. The number of carbonyl (C=O) groups is 1. The summed E-state index contributed by atoms with van der Waals surface area (Å²) in [5, 5.41) is 2.77. The third kappa shape index (κ3) is 4.52. The van der Waals surface area contributed by atoms with Gasteiger partial charge in [0.25, 0.3) is 0 Å². The molecule has 1 aromatic carbocycles. The van der Waals surface area contributed by atoms with Crippen LogP contribution in [0.1, 0.15) is 25.1 Å². The van der Waals surface area contributed by atoms with Crippen molar-refractivity contribution >= 4 is 22.4 Å². The molecule has 1 amide bonds. The highest BCUT2D eigenvalue weighted by Gasteiger charge is 2.31. The normalized spacial score (nSPS) is 20.6. The molecule has 2 aromatic rings. The molecule has 1 N–H and O–H groups in total. The van der Waals surface area contributed by atoms with E-state index in [2.05, 4.69) is 22.1 Å². The molecule has 2 heterocycles. The third-order valence-corrected chi connectivity index (χ3v) is 4.99. The summed E-state index contributed by atoms with van der Waals surface area (Å²) in [6.45, 7) is 4.47. The van der Waals surface area contributed by atoms with Gasteiger partial charge >= 0.3 is 0 Å². The van der Waals surface area contributed by atoms with E-state index in [0.29, 0.717) is 23.7 Å². The Bertz CT molecular complexity index is 751. The molecule has 1 saturated heterocycles. The second-order valence-corrected chi connectivity index (χ2v) is 7.21. The van der Waals surface area contributed by atoms with Crippen LogP contribution in [0.4, 0.5) is 13.9 Å². The molecule has 1 fully saturated rings.